The number of rotatable bonds is 3. The van der Waals surface area contributed by atoms with Crippen LogP contribution >= 0.6 is 11.6 Å². The third kappa shape index (κ3) is 2.97. The molecule has 0 amide bonds. The highest BCUT2D eigenvalue weighted by Gasteiger charge is 2.23. The first-order valence-corrected chi connectivity index (χ1v) is 7.39. The van der Waals surface area contributed by atoms with E-state index in [9.17, 15) is 13.2 Å². The van der Waals surface area contributed by atoms with E-state index < -0.39 is 21.4 Å². The quantitative estimate of drug-likeness (QED) is 0.809. The number of hydrogen-bond acceptors (Lipinski definition) is 5. The van der Waals surface area contributed by atoms with E-state index in [4.69, 9.17) is 18.0 Å². The molecular formula is C11H10ClN3O3S. The van der Waals surface area contributed by atoms with E-state index in [0.29, 0.717) is 0 Å². The average molecular weight is 300 g/mol. The van der Waals surface area contributed by atoms with Crippen molar-refractivity contribution in [3.05, 3.63) is 33.1 Å². The summed E-state index contributed by atoms with van der Waals surface area (Å²) in [5.41, 5.74) is -0.387. The van der Waals surface area contributed by atoms with E-state index in [-0.39, 0.29) is 23.0 Å². The second-order valence-electron chi connectivity index (χ2n) is 3.94. The topological polar surface area (TPSA) is 81.1 Å². The minimum absolute atomic E-state index is 0.0173. The summed E-state index contributed by atoms with van der Waals surface area (Å²) in [5.74, 6) is 2.19. The van der Waals surface area contributed by atoms with Gasteiger partial charge in [-0.1, -0.05) is 23.6 Å². The van der Waals surface area contributed by atoms with Gasteiger partial charge in [0.1, 0.15) is 12.2 Å². The summed E-state index contributed by atoms with van der Waals surface area (Å²) in [4.78, 5) is 12.0. The Labute approximate surface area is 115 Å². The van der Waals surface area contributed by atoms with Gasteiger partial charge in [-0.05, 0) is 0 Å². The van der Waals surface area contributed by atoms with Gasteiger partial charge in [0.05, 0.1) is 23.0 Å². The highest BCUT2D eigenvalue weighted by Crippen LogP contribution is 2.19. The molecule has 1 aliphatic rings. The lowest BCUT2D eigenvalue weighted by atomic mass is 10.3. The standard InChI is InChI=1S/C11H10ClN3O3S/c1-2-4-15-11(16)10(9(12)6-13-15)14-8-3-5-19(17,18)7-8/h1,3,5-6,8,14H,4,7H2. The van der Waals surface area contributed by atoms with Gasteiger partial charge in [-0.25, -0.2) is 13.1 Å². The molecule has 0 fully saturated rings. The molecule has 1 aliphatic heterocycles. The predicted octanol–water partition coefficient (Wildman–Crippen LogP) is 0.253. The fourth-order valence-electron chi connectivity index (χ4n) is 1.65. The zero-order valence-corrected chi connectivity index (χ0v) is 11.3. The molecule has 1 aromatic heterocycles. The second-order valence-corrected chi connectivity index (χ2v) is 6.28. The number of halogens is 1. The van der Waals surface area contributed by atoms with Crippen molar-refractivity contribution in [1.82, 2.24) is 9.78 Å². The van der Waals surface area contributed by atoms with Crippen LogP contribution in [0.5, 0.6) is 0 Å². The van der Waals surface area contributed by atoms with Gasteiger partial charge in [-0.3, -0.25) is 4.79 Å². The number of terminal acetylenes is 1. The summed E-state index contributed by atoms with van der Waals surface area (Å²) in [6.45, 7) is 0.0173. The van der Waals surface area contributed by atoms with E-state index in [2.05, 4.69) is 16.3 Å². The van der Waals surface area contributed by atoms with Gasteiger partial charge in [0.2, 0.25) is 0 Å². The van der Waals surface area contributed by atoms with Gasteiger partial charge in [-0.2, -0.15) is 5.10 Å². The van der Waals surface area contributed by atoms with Crippen LogP contribution in [0.2, 0.25) is 5.02 Å². The van der Waals surface area contributed by atoms with Crippen LogP contribution in [-0.2, 0) is 16.4 Å². The average Bonchev–Trinajstić information content (AvgIpc) is 2.68. The molecule has 0 saturated heterocycles. The van der Waals surface area contributed by atoms with Crippen molar-refractivity contribution in [2.75, 3.05) is 11.1 Å². The molecule has 1 aromatic rings. The number of sulfone groups is 1. The summed E-state index contributed by atoms with van der Waals surface area (Å²) in [6, 6.07) is -0.489. The summed E-state index contributed by atoms with van der Waals surface area (Å²) < 4.78 is 23.6. The number of hydrogen-bond donors (Lipinski definition) is 1. The molecule has 0 bridgehead atoms. The van der Waals surface area contributed by atoms with Crippen LogP contribution in [0.15, 0.2) is 22.5 Å². The molecule has 2 heterocycles. The van der Waals surface area contributed by atoms with Crippen molar-refractivity contribution < 1.29 is 8.42 Å². The highest BCUT2D eigenvalue weighted by atomic mass is 35.5. The lowest BCUT2D eigenvalue weighted by Crippen LogP contribution is -2.30. The molecule has 0 spiro atoms. The zero-order chi connectivity index (χ0) is 14.0. The Morgan fingerprint density at radius 2 is 2.37 bits per heavy atom. The summed E-state index contributed by atoms with van der Waals surface area (Å²) >= 11 is 5.89. The lowest BCUT2D eigenvalue weighted by molar-refractivity contribution is 0.605. The molecule has 0 radical (unpaired) electrons. The molecule has 0 aliphatic carbocycles. The Hall–Kier alpha value is -1.78. The third-order valence-electron chi connectivity index (χ3n) is 2.50. The Morgan fingerprint density at radius 3 is 2.95 bits per heavy atom. The van der Waals surface area contributed by atoms with Gasteiger partial charge in [0, 0.05) is 5.41 Å². The summed E-state index contributed by atoms with van der Waals surface area (Å²) in [7, 11) is -3.20. The Kier molecular flexibility index (Phi) is 3.64. The zero-order valence-electron chi connectivity index (χ0n) is 9.71. The Morgan fingerprint density at radius 1 is 1.63 bits per heavy atom. The maximum Gasteiger partial charge on any atom is 0.292 e. The minimum Gasteiger partial charge on any atom is -0.372 e. The lowest BCUT2D eigenvalue weighted by Gasteiger charge is -2.13. The Balaban J connectivity index is 2.31. The summed E-state index contributed by atoms with van der Waals surface area (Å²) in [5, 5.41) is 7.81. The largest absolute Gasteiger partial charge is 0.372 e. The molecule has 0 aromatic carbocycles. The van der Waals surface area contributed by atoms with E-state index in [1.807, 2.05) is 0 Å². The van der Waals surface area contributed by atoms with Crippen molar-refractivity contribution in [2.45, 2.75) is 12.6 Å². The van der Waals surface area contributed by atoms with Crippen molar-refractivity contribution in [1.29, 1.82) is 0 Å². The smallest absolute Gasteiger partial charge is 0.292 e. The van der Waals surface area contributed by atoms with Crippen molar-refractivity contribution in [3.8, 4) is 12.3 Å². The molecule has 6 nitrogen and oxygen atoms in total. The van der Waals surface area contributed by atoms with Gasteiger partial charge < -0.3 is 5.32 Å². The van der Waals surface area contributed by atoms with Gasteiger partial charge in [-0.15, -0.1) is 6.42 Å². The highest BCUT2D eigenvalue weighted by molar-refractivity contribution is 7.94. The first-order chi connectivity index (χ1) is 8.93. The van der Waals surface area contributed by atoms with Crippen LogP contribution in [0.25, 0.3) is 0 Å². The van der Waals surface area contributed by atoms with E-state index in [1.54, 1.807) is 0 Å². The van der Waals surface area contributed by atoms with E-state index in [1.165, 1.54) is 12.3 Å². The fourth-order valence-corrected chi connectivity index (χ4v) is 3.06. The Bertz CT molecular complexity index is 731. The first kappa shape index (κ1) is 13.6. The first-order valence-electron chi connectivity index (χ1n) is 5.29. The van der Waals surface area contributed by atoms with Crippen LogP contribution < -0.4 is 10.9 Å². The third-order valence-corrected chi connectivity index (χ3v) is 4.18. The van der Waals surface area contributed by atoms with Crippen LogP contribution in [-0.4, -0.2) is 30.0 Å². The molecule has 19 heavy (non-hydrogen) atoms. The maximum absolute atomic E-state index is 12.0. The van der Waals surface area contributed by atoms with Crippen LogP contribution in [0.3, 0.4) is 0 Å². The van der Waals surface area contributed by atoms with Gasteiger partial charge in [0.15, 0.2) is 9.84 Å². The van der Waals surface area contributed by atoms with Crippen LogP contribution in [0, 0.1) is 12.3 Å². The molecular weight excluding hydrogens is 290 g/mol. The van der Waals surface area contributed by atoms with Gasteiger partial charge >= 0.3 is 0 Å². The van der Waals surface area contributed by atoms with E-state index in [0.717, 1.165) is 10.1 Å². The fraction of sp³-hybridized carbons (Fsp3) is 0.273. The molecule has 1 atom stereocenters. The number of nitrogens with zero attached hydrogens (tertiary/aromatic N) is 2. The number of anilines is 1. The number of aromatic nitrogens is 2. The molecule has 2 rings (SSSR count). The monoisotopic (exact) mass is 299 g/mol. The number of nitrogens with one attached hydrogen (secondary N) is 1. The van der Waals surface area contributed by atoms with Crippen LogP contribution in [0.4, 0.5) is 5.69 Å². The molecule has 8 heteroatoms. The van der Waals surface area contributed by atoms with Crippen molar-refractivity contribution in [2.24, 2.45) is 0 Å². The SMILES string of the molecule is C#CCn1ncc(Cl)c(NC2C=CS(=O)(=O)C2)c1=O. The molecule has 0 saturated carbocycles. The summed E-state index contributed by atoms with van der Waals surface area (Å²) in [6.07, 6.45) is 7.88. The molecule has 1 unspecified atom stereocenters. The van der Waals surface area contributed by atoms with Crippen LogP contribution in [0.1, 0.15) is 0 Å². The molecule has 1 N–H and O–H groups in total. The minimum atomic E-state index is -3.20. The maximum atomic E-state index is 12.0. The van der Waals surface area contributed by atoms with E-state index >= 15 is 0 Å². The predicted molar refractivity (Wildman–Crippen MR) is 72.7 cm³/mol. The second kappa shape index (κ2) is 5.07. The van der Waals surface area contributed by atoms with Crippen molar-refractivity contribution in [3.63, 3.8) is 0 Å². The normalized spacial score (nSPS) is 20.1. The van der Waals surface area contributed by atoms with Crippen molar-refractivity contribution >= 4 is 27.1 Å². The molecule has 100 valence electrons. The van der Waals surface area contributed by atoms with Gasteiger partial charge in [0.25, 0.3) is 5.56 Å².